The van der Waals surface area contributed by atoms with Crippen molar-refractivity contribution in [2.75, 3.05) is 0 Å². The van der Waals surface area contributed by atoms with E-state index in [1.165, 1.54) is 38.1 Å². The van der Waals surface area contributed by atoms with E-state index in [-0.39, 0.29) is 12.2 Å². The Balaban J connectivity index is 2.61. The van der Waals surface area contributed by atoms with E-state index in [1.54, 1.807) is 0 Å². The van der Waals surface area contributed by atoms with E-state index in [4.69, 9.17) is 5.11 Å². The molecule has 1 rings (SSSR count). The first-order chi connectivity index (χ1) is 9.20. The maximum atomic E-state index is 12.0. The second kappa shape index (κ2) is 6.31. The molecule has 0 saturated heterocycles. The van der Waals surface area contributed by atoms with Gasteiger partial charge in [-0.1, -0.05) is 12.1 Å². The van der Waals surface area contributed by atoms with Crippen molar-refractivity contribution in [2.45, 2.75) is 32.4 Å². The van der Waals surface area contributed by atoms with E-state index in [2.05, 4.69) is 10.1 Å². The molecule has 0 unspecified atom stereocenters. The second-order valence-electron chi connectivity index (χ2n) is 4.68. The van der Waals surface area contributed by atoms with Crippen molar-refractivity contribution < 1.29 is 28.2 Å². The van der Waals surface area contributed by atoms with Crippen LogP contribution in [0, 0.1) is 0 Å². The van der Waals surface area contributed by atoms with Gasteiger partial charge in [-0.15, -0.1) is 0 Å². The number of carbonyl (C=O) groups excluding carboxylic acids is 1. The van der Waals surface area contributed by atoms with Crippen molar-refractivity contribution in [3.63, 3.8) is 0 Å². The van der Waals surface area contributed by atoms with E-state index in [0.29, 0.717) is 5.56 Å². The van der Waals surface area contributed by atoms with Crippen LogP contribution in [0.3, 0.4) is 0 Å². The lowest BCUT2D eigenvalue weighted by Gasteiger charge is -2.20. The third-order valence-electron chi connectivity index (χ3n) is 2.50. The van der Waals surface area contributed by atoms with Gasteiger partial charge in [-0.25, -0.2) is 4.79 Å². The minimum absolute atomic E-state index is 0.00461. The topological polar surface area (TPSA) is 75.6 Å². The summed E-state index contributed by atoms with van der Waals surface area (Å²) in [4.78, 5) is 22.5. The first-order valence-electron chi connectivity index (χ1n) is 5.79. The van der Waals surface area contributed by atoms with Crippen LogP contribution in [-0.4, -0.2) is 29.1 Å². The SMILES string of the molecule is CC(C)(NC(=O)Cc1ccc(OC(F)F)cc1)C(=O)O. The highest BCUT2D eigenvalue weighted by atomic mass is 19.3. The van der Waals surface area contributed by atoms with E-state index in [1.807, 2.05) is 0 Å². The fourth-order valence-electron chi connectivity index (χ4n) is 1.42. The molecular weight excluding hydrogens is 272 g/mol. The first-order valence-corrected chi connectivity index (χ1v) is 5.79. The standard InChI is InChI=1S/C13H15F2NO4/c1-13(2,11(18)19)16-10(17)7-8-3-5-9(6-4-8)20-12(14)15/h3-6,12H,7H2,1-2H3,(H,16,17)(H,18,19). The predicted molar refractivity (Wildman–Crippen MR) is 66.6 cm³/mol. The number of benzene rings is 1. The molecule has 0 heterocycles. The Hall–Kier alpha value is -2.18. The highest BCUT2D eigenvalue weighted by molar-refractivity contribution is 5.87. The van der Waals surface area contributed by atoms with Crippen LogP contribution in [-0.2, 0) is 16.0 Å². The van der Waals surface area contributed by atoms with Crippen molar-refractivity contribution in [3.05, 3.63) is 29.8 Å². The molecule has 20 heavy (non-hydrogen) atoms. The van der Waals surface area contributed by atoms with Gasteiger partial charge in [0.25, 0.3) is 0 Å². The van der Waals surface area contributed by atoms with Crippen molar-refractivity contribution in [3.8, 4) is 5.75 Å². The molecule has 7 heteroatoms. The summed E-state index contributed by atoms with van der Waals surface area (Å²) in [6.07, 6.45) is -0.0499. The number of carboxylic acids is 1. The molecular formula is C13H15F2NO4. The molecule has 0 saturated carbocycles. The van der Waals surface area contributed by atoms with Crippen molar-refractivity contribution in [2.24, 2.45) is 0 Å². The van der Waals surface area contributed by atoms with Crippen LogP contribution in [0.5, 0.6) is 5.75 Å². The van der Waals surface area contributed by atoms with Gasteiger partial charge < -0.3 is 15.2 Å². The Morgan fingerprint density at radius 2 is 1.85 bits per heavy atom. The number of alkyl halides is 2. The van der Waals surface area contributed by atoms with E-state index < -0.39 is 24.0 Å². The molecule has 0 aliphatic heterocycles. The molecule has 1 aromatic rings. The summed E-state index contributed by atoms with van der Waals surface area (Å²) in [5.41, 5.74) is -0.805. The third kappa shape index (κ3) is 4.83. The Labute approximate surface area is 114 Å². The lowest BCUT2D eigenvalue weighted by Crippen LogP contribution is -2.50. The number of amides is 1. The minimum Gasteiger partial charge on any atom is -0.480 e. The molecule has 0 aliphatic carbocycles. The van der Waals surface area contributed by atoms with Gasteiger partial charge in [-0.2, -0.15) is 8.78 Å². The summed E-state index contributed by atoms with van der Waals surface area (Å²) < 4.78 is 28.1. The number of hydrogen-bond donors (Lipinski definition) is 2. The summed E-state index contributed by atoms with van der Waals surface area (Å²) in [6.45, 7) is -0.167. The van der Waals surface area contributed by atoms with E-state index in [0.717, 1.165) is 0 Å². The predicted octanol–water partition coefficient (Wildman–Crippen LogP) is 1.81. The lowest BCUT2D eigenvalue weighted by atomic mass is 10.1. The largest absolute Gasteiger partial charge is 0.480 e. The zero-order valence-corrected chi connectivity index (χ0v) is 11.0. The quantitative estimate of drug-likeness (QED) is 0.836. The maximum Gasteiger partial charge on any atom is 0.387 e. The summed E-state index contributed by atoms with van der Waals surface area (Å²) >= 11 is 0. The molecule has 1 amide bonds. The molecule has 0 fully saturated rings. The lowest BCUT2D eigenvalue weighted by molar-refractivity contribution is -0.145. The molecule has 0 spiro atoms. The number of nitrogens with one attached hydrogen (secondary N) is 1. The zero-order valence-electron chi connectivity index (χ0n) is 11.0. The number of hydrogen-bond acceptors (Lipinski definition) is 3. The average Bonchev–Trinajstić information content (AvgIpc) is 2.30. The molecule has 1 aromatic carbocycles. The minimum atomic E-state index is -2.90. The van der Waals surface area contributed by atoms with Gasteiger partial charge in [-0.05, 0) is 31.5 Å². The van der Waals surface area contributed by atoms with Gasteiger partial charge in [0.15, 0.2) is 0 Å². The van der Waals surface area contributed by atoms with Crippen LogP contribution in [0.4, 0.5) is 8.78 Å². The van der Waals surface area contributed by atoms with Crippen LogP contribution in [0.2, 0.25) is 0 Å². The van der Waals surface area contributed by atoms with Crippen LogP contribution in [0.15, 0.2) is 24.3 Å². The normalized spacial score (nSPS) is 11.2. The summed E-state index contributed by atoms with van der Waals surface area (Å²) in [5, 5.41) is 11.2. The van der Waals surface area contributed by atoms with Gasteiger partial charge in [-0.3, -0.25) is 4.79 Å². The molecule has 5 nitrogen and oxygen atoms in total. The van der Waals surface area contributed by atoms with Crippen molar-refractivity contribution in [1.29, 1.82) is 0 Å². The van der Waals surface area contributed by atoms with Crippen LogP contribution in [0.1, 0.15) is 19.4 Å². The molecule has 2 N–H and O–H groups in total. The fraction of sp³-hybridized carbons (Fsp3) is 0.385. The average molecular weight is 287 g/mol. The van der Waals surface area contributed by atoms with Gasteiger partial charge in [0.05, 0.1) is 6.42 Å². The van der Waals surface area contributed by atoms with Gasteiger partial charge in [0.2, 0.25) is 5.91 Å². The molecule has 0 atom stereocenters. The summed E-state index contributed by atoms with van der Waals surface area (Å²) in [5.74, 6) is -1.62. The molecule has 0 aliphatic rings. The van der Waals surface area contributed by atoms with Gasteiger partial charge >= 0.3 is 12.6 Å². The number of carbonyl (C=O) groups is 2. The fourth-order valence-corrected chi connectivity index (χ4v) is 1.42. The Bertz CT molecular complexity index is 486. The molecule has 0 radical (unpaired) electrons. The van der Waals surface area contributed by atoms with Gasteiger partial charge in [0, 0.05) is 0 Å². The number of halogens is 2. The zero-order chi connectivity index (χ0) is 15.3. The number of carboxylic acid groups (broad SMARTS) is 1. The Morgan fingerprint density at radius 3 is 2.30 bits per heavy atom. The molecule has 0 bridgehead atoms. The second-order valence-corrected chi connectivity index (χ2v) is 4.68. The number of rotatable bonds is 6. The maximum absolute atomic E-state index is 12.0. The summed E-state index contributed by atoms with van der Waals surface area (Å²) in [6, 6.07) is 5.56. The van der Waals surface area contributed by atoms with Crippen molar-refractivity contribution in [1.82, 2.24) is 5.32 Å². The van der Waals surface area contributed by atoms with Crippen LogP contribution in [0.25, 0.3) is 0 Å². The number of aliphatic carboxylic acids is 1. The summed E-state index contributed by atoms with van der Waals surface area (Å²) in [7, 11) is 0. The Kier molecular flexibility index (Phi) is 5.01. The highest BCUT2D eigenvalue weighted by Crippen LogP contribution is 2.15. The Morgan fingerprint density at radius 1 is 1.30 bits per heavy atom. The molecule has 110 valence electrons. The number of ether oxygens (including phenoxy) is 1. The van der Waals surface area contributed by atoms with Crippen LogP contribution >= 0.6 is 0 Å². The smallest absolute Gasteiger partial charge is 0.387 e. The van der Waals surface area contributed by atoms with Crippen molar-refractivity contribution >= 4 is 11.9 Å². The van der Waals surface area contributed by atoms with Crippen LogP contribution < -0.4 is 10.1 Å². The van der Waals surface area contributed by atoms with Gasteiger partial charge in [0.1, 0.15) is 11.3 Å². The third-order valence-corrected chi connectivity index (χ3v) is 2.50. The van der Waals surface area contributed by atoms with E-state index >= 15 is 0 Å². The molecule has 0 aromatic heterocycles. The highest BCUT2D eigenvalue weighted by Gasteiger charge is 2.28. The first kappa shape index (κ1) is 15.9. The van der Waals surface area contributed by atoms with E-state index in [9.17, 15) is 18.4 Å². The monoisotopic (exact) mass is 287 g/mol.